The standard InChI is InChI=1S/C25H34O2.C12H18ClOP.C2H4O.CH4/c1-8-10-20-12-13-21(15-19(20)9-2)23(25(6,7)24(26)27)22-14-11-16(3)17(4)18(22)5;1-3-4-5-15-8-10-6-11(13)9(2)12(14)7-10;1-2-3;/h11-15,23H,8-10H2,1-7H3,(H,26,27);6-7,14-15H,3-5,8H2,1-2H3;2H,1H3;1H4. The maximum absolute atomic E-state index is 12.2. The van der Waals surface area contributed by atoms with Crippen molar-refractivity contribution in [1.29, 1.82) is 0 Å². The van der Waals surface area contributed by atoms with E-state index in [2.05, 4.69) is 71.9 Å². The quantitative estimate of drug-likeness (QED) is 0.114. The van der Waals surface area contributed by atoms with Gasteiger partial charge in [0.2, 0.25) is 0 Å². The number of halogens is 1. The van der Waals surface area contributed by atoms with Crippen LogP contribution in [-0.2, 0) is 28.6 Å². The topological polar surface area (TPSA) is 74.6 Å². The largest absolute Gasteiger partial charge is 0.508 e. The fourth-order valence-corrected chi connectivity index (χ4v) is 6.93. The van der Waals surface area contributed by atoms with Crippen molar-refractivity contribution in [2.45, 2.75) is 121 Å². The van der Waals surface area contributed by atoms with E-state index < -0.39 is 11.4 Å². The second kappa shape index (κ2) is 21.2. The van der Waals surface area contributed by atoms with Gasteiger partial charge in [0.05, 0.1) is 5.41 Å². The van der Waals surface area contributed by atoms with Crippen LogP contribution in [0.3, 0.4) is 0 Å². The molecule has 0 aromatic heterocycles. The maximum atomic E-state index is 12.2. The summed E-state index contributed by atoms with van der Waals surface area (Å²) in [6.45, 7) is 19.9. The molecule has 0 saturated heterocycles. The summed E-state index contributed by atoms with van der Waals surface area (Å²) < 4.78 is 0. The van der Waals surface area contributed by atoms with E-state index in [1.54, 1.807) is 0 Å². The Bertz CT molecular complexity index is 1370. The Kier molecular flexibility index (Phi) is 20.0. The van der Waals surface area contributed by atoms with E-state index in [-0.39, 0.29) is 13.3 Å². The smallest absolute Gasteiger partial charge is 0.310 e. The fourth-order valence-electron chi connectivity index (χ4n) is 5.42. The third-order valence-electron chi connectivity index (χ3n) is 8.56. The second-order valence-electron chi connectivity index (χ2n) is 12.3. The average molecular weight is 671 g/mol. The van der Waals surface area contributed by atoms with Crippen molar-refractivity contribution < 1.29 is 19.8 Å². The van der Waals surface area contributed by atoms with Crippen LogP contribution in [0, 0.1) is 33.1 Å². The van der Waals surface area contributed by atoms with Gasteiger partial charge in [-0.1, -0.05) is 83.0 Å². The summed E-state index contributed by atoms with van der Waals surface area (Å²) in [6.07, 6.45) is 8.77. The summed E-state index contributed by atoms with van der Waals surface area (Å²) in [5.41, 5.74) is 9.66. The molecule has 0 heterocycles. The zero-order valence-corrected chi connectivity index (χ0v) is 31.0. The van der Waals surface area contributed by atoms with Crippen LogP contribution in [0.2, 0.25) is 5.02 Å². The minimum absolute atomic E-state index is 0. The second-order valence-corrected chi connectivity index (χ2v) is 14.1. The van der Waals surface area contributed by atoms with Crippen LogP contribution in [0.5, 0.6) is 5.75 Å². The van der Waals surface area contributed by atoms with Gasteiger partial charge in [-0.15, -0.1) is 8.58 Å². The number of aldehydes is 1. The third kappa shape index (κ3) is 12.2. The van der Waals surface area contributed by atoms with Gasteiger partial charge in [0.25, 0.3) is 0 Å². The Labute approximate surface area is 287 Å². The molecule has 256 valence electrons. The van der Waals surface area contributed by atoms with Gasteiger partial charge in [-0.05, 0) is 137 Å². The lowest BCUT2D eigenvalue weighted by Gasteiger charge is -2.33. The summed E-state index contributed by atoms with van der Waals surface area (Å²) in [4.78, 5) is 21.0. The molecule has 0 aliphatic heterocycles. The van der Waals surface area contributed by atoms with Crippen LogP contribution >= 0.6 is 20.2 Å². The van der Waals surface area contributed by atoms with E-state index in [1.165, 1.54) is 53.7 Å². The molecule has 3 rings (SSSR count). The van der Waals surface area contributed by atoms with E-state index in [0.717, 1.165) is 62.5 Å². The molecule has 0 fully saturated rings. The molecule has 3 aromatic carbocycles. The summed E-state index contributed by atoms with van der Waals surface area (Å²) in [5.74, 6) is -0.631. The minimum Gasteiger partial charge on any atom is -0.508 e. The number of aryl methyl sites for hydroxylation is 3. The van der Waals surface area contributed by atoms with Crippen LogP contribution in [-0.4, -0.2) is 28.6 Å². The first-order valence-corrected chi connectivity index (χ1v) is 18.0. The SMILES string of the molecule is C.CC=O.CCCCPCc1cc(O)c(C)c(Cl)c1.CCCc1ccc(C(c2ccc(C)c(C)c2C)C(C)(C)C(=O)O)cc1CC. The first-order chi connectivity index (χ1) is 21.2. The maximum Gasteiger partial charge on any atom is 0.310 e. The van der Waals surface area contributed by atoms with Crippen LogP contribution in [0.1, 0.15) is 124 Å². The Morgan fingerprint density at radius 2 is 1.57 bits per heavy atom. The first-order valence-electron chi connectivity index (χ1n) is 16.2. The van der Waals surface area contributed by atoms with E-state index in [0.29, 0.717) is 10.8 Å². The number of hydrogen-bond acceptors (Lipinski definition) is 3. The van der Waals surface area contributed by atoms with E-state index in [9.17, 15) is 15.0 Å². The van der Waals surface area contributed by atoms with Gasteiger partial charge in [-0.25, -0.2) is 0 Å². The number of phenols is 1. The Morgan fingerprint density at radius 1 is 0.935 bits per heavy atom. The Morgan fingerprint density at radius 3 is 2.09 bits per heavy atom. The number of carboxylic acids is 1. The number of aliphatic carboxylic acids is 1. The number of unbranched alkanes of at least 4 members (excludes halogenated alkanes) is 1. The number of carbonyl (C=O) groups excluding carboxylic acids is 1. The van der Waals surface area contributed by atoms with Crippen molar-refractivity contribution in [3.63, 3.8) is 0 Å². The number of rotatable bonds is 12. The molecule has 0 aliphatic rings. The van der Waals surface area contributed by atoms with Crippen LogP contribution in [0.25, 0.3) is 0 Å². The molecule has 0 spiro atoms. The van der Waals surface area contributed by atoms with Crippen LogP contribution in [0.4, 0.5) is 0 Å². The molecular formula is C40H60ClO4P. The van der Waals surface area contributed by atoms with Gasteiger partial charge in [0.15, 0.2) is 0 Å². The normalized spacial score (nSPS) is 11.5. The van der Waals surface area contributed by atoms with Crippen LogP contribution < -0.4 is 0 Å². The van der Waals surface area contributed by atoms with E-state index in [4.69, 9.17) is 16.4 Å². The molecule has 0 bridgehead atoms. The number of hydrogen-bond donors (Lipinski definition) is 2. The van der Waals surface area contributed by atoms with Gasteiger partial charge in [-0.3, -0.25) is 4.79 Å². The number of benzene rings is 3. The highest BCUT2D eigenvalue weighted by atomic mass is 35.5. The molecule has 0 aliphatic carbocycles. The number of aromatic hydroxyl groups is 1. The fraction of sp³-hybridized carbons (Fsp3) is 0.500. The number of phenolic OH excluding ortho intramolecular Hbond substituents is 1. The third-order valence-corrected chi connectivity index (χ3v) is 10.3. The summed E-state index contributed by atoms with van der Waals surface area (Å²) in [6, 6.07) is 14.6. The van der Waals surface area contributed by atoms with Crippen molar-refractivity contribution in [1.82, 2.24) is 0 Å². The molecule has 3 aromatic rings. The van der Waals surface area contributed by atoms with Crippen molar-refractivity contribution in [2.24, 2.45) is 5.41 Å². The van der Waals surface area contributed by atoms with Crippen molar-refractivity contribution in [3.8, 4) is 5.75 Å². The molecule has 2 unspecified atom stereocenters. The van der Waals surface area contributed by atoms with Crippen LogP contribution in [0.15, 0.2) is 42.5 Å². The summed E-state index contributed by atoms with van der Waals surface area (Å²) in [5, 5.41) is 20.3. The molecule has 0 amide bonds. The molecule has 2 N–H and O–H groups in total. The molecule has 46 heavy (non-hydrogen) atoms. The summed E-state index contributed by atoms with van der Waals surface area (Å²) in [7, 11) is 0.936. The number of carbonyl (C=O) groups is 2. The zero-order valence-electron chi connectivity index (χ0n) is 29.2. The Hall–Kier alpha value is -2.68. The zero-order chi connectivity index (χ0) is 34.3. The lowest BCUT2D eigenvalue weighted by atomic mass is 9.69. The Balaban J connectivity index is 0.000000902. The van der Waals surface area contributed by atoms with Crippen molar-refractivity contribution in [3.05, 3.63) is 97.6 Å². The van der Waals surface area contributed by atoms with Gasteiger partial charge in [0.1, 0.15) is 12.0 Å². The predicted molar refractivity (Wildman–Crippen MR) is 202 cm³/mol. The van der Waals surface area contributed by atoms with Gasteiger partial charge in [0, 0.05) is 16.5 Å². The van der Waals surface area contributed by atoms with Crippen molar-refractivity contribution >= 4 is 32.4 Å². The van der Waals surface area contributed by atoms with Gasteiger partial charge >= 0.3 is 5.97 Å². The monoisotopic (exact) mass is 670 g/mol. The van der Waals surface area contributed by atoms with E-state index >= 15 is 0 Å². The first kappa shape index (κ1) is 43.3. The lowest BCUT2D eigenvalue weighted by Crippen LogP contribution is -2.32. The molecule has 2 atom stereocenters. The predicted octanol–water partition coefficient (Wildman–Crippen LogP) is 11.5. The highest BCUT2D eigenvalue weighted by molar-refractivity contribution is 7.37. The number of carboxylic acid groups (broad SMARTS) is 1. The highest BCUT2D eigenvalue weighted by Gasteiger charge is 2.40. The minimum atomic E-state index is -0.899. The summed E-state index contributed by atoms with van der Waals surface area (Å²) >= 11 is 6.00. The molecular weight excluding hydrogens is 611 g/mol. The van der Waals surface area contributed by atoms with Gasteiger partial charge in [-0.2, -0.15) is 0 Å². The molecule has 4 nitrogen and oxygen atoms in total. The molecule has 0 saturated carbocycles. The van der Waals surface area contributed by atoms with Gasteiger partial charge < -0.3 is 15.0 Å². The molecule has 6 heteroatoms. The van der Waals surface area contributed by atoms with Crippen molar-refractivity contribution in [2.75, 3.05) is 6.16 Å². The average Bonchev–Trinajstić information content (AvgIpc) is 2.99. The van der Waals surface area contributed by atoms with E-state index in [1.807, 2.05) is 32.9 Å². The highest BCUT2D eigenvalue weighted by Crippen LogP contribution is 2.44. The lowest BCUT2D eigenvalue weighted by molar-refractivity contribution is -0.147. The molecule has 0 radical (unpaired) electrons.